The quantitative estimate of drug-likeness (QED) is 0.526. The molecule has 1 aliphatic carbocycles. The second-order valence-corrected chi connectivity index (χ2v) is 2.81. The lowest BCUT2D eigenvalue weighted by Gasteiger charge is -2.05. The van der Waals surface area contributed by atoms with Crippen molar-refractivity contribution in [3.05, 3.63) is 35.7 Å². The van der Waals surface area contributed by atoms with Gasteiger partial charge in [0, 0.05) is 6.08 Å². The van der Waals surface area contributed by atoms with Crippen molar-refractivity contribution in [2.24, 2.45) is 5.92 Å². The smallest absolute Gasteiger partial charge is 0.161 e. The average molecular weight is 174 g/mol. The van der Waals surface area contributed by atoms with Gasteiger partial charge >= 0.3 is 0 Å². The molecular formula is C9H9F3. The average Bonchev–Trinajstić information content (AvgIpc) is 1.99. The zero-order chi connectivity index (χ0) is 9.14. The zero-order valence-electron chi connectivity index (χ0n) is 6.65. The van der Waals surface area contributed by atoms with Crippen molar-refractivity contribution < 1.29 is 13.2 Å². The van der Waals surface area contributed by atoms with Crippen LogP contribution < -0.4 is 0 Å². The van der Waals surface area contributed by atoms with Crippen molar-refractivity contribution in [3.8, 4) is 0 Å². The normalized spacial score (nSPS) is 25.0. The van der Waals surface area contributed by atoms with Crippen molar-refractivity contribution >= 4 is 0 Å². The summed E-state index contributed by atoms with van der Waals surface area (Å²) in [7, 11) is 0. The van der Waals surface area contributed by atoms with E-state index in [1.165, 1.54) is 6.08 Å². The molecule has 12 heavy (non-hydrogen) atoms. The first-order valence-corrected chi connectivity index (χ1v) is 3.70. The maximum atomic E-state index is 12.7. The molecule has 0 radical (unpaired) electrons. The van der Waals surface area contributed by atoms with E-state index in [0.717, 1.165) is 6.08 Å². The minimum atomic E-state index is -1.14. The van der Waals surface area contributed by atoms with Gasteiger partial charge in [-0.15, -0.1) is 0 Å². The Kier molecular flexibility index (Phi) is 2.74. The second kappa shape index (κ2) is 3.61. The van der Waals surface area contributed by atoms with E-state index < -0.39 is 17.5 Å². The van der Waals surface area contributed by atoms with Crippen molar-refractivity contribution in [3.63, 3.8) is 0 Å². The van der Waals surface area contributed by atoms with Crippen molar-refractivity contribution in [1.82, 2.24) is 0 Å². The summed E-state index contributed by atoms with van der Waals surface area (Å²) in [6.45, 7) is 1.70. The standard InChI is InChI=1S/C9H9F3/c1-6-2-3-7(10)5-9(12)8(11)4-6/h3-6H,2H2,1H3. The number of allylic oxidation sites excluding steroid dienone is 6. The molecule has 0 amide bonds. The predicted octanol–water partition coefficient (Wildman–Crippen LogP) is 3.59. The Balaban J connectivity index is 2.98. The van der Waals surface area contributed by atoms with Crippen LogP contribution in [0, 0.1) is 5.92 Å². The molecule has 1 atom stereocenters. The lowest BCUT2D eigenvalue weighted by molar-refractivity contribution is 0.520. The predicted molar refractivity (Wildman–Crippen MR) is 41.4 cm³/mol. The second-order valence-electron chi connectivity index (χ2n) is 2.81. The van der Waals surface area contributed by atoms with Crippen LogP contribution in [0.1, 0.15) is 13.3 Å². The maximum absolute atomic E-state index is 12.7. The first kappa shape index (κ1) is 9.10. The zero-order valence-corrected chi connectivity index (χ0v) is 6.65. The SMILES string of the molecule is CC1C=C(F)C(F)=CC(F)=CC1. The van der Waals surface area contributed by atoms with E-state index in [1.54, 1.807) is 6.92 Å². The minimum Gasteiger partial charge on any atom is -0.207 e. The van der Waals surface area contributed by atoms with Crippen molar-refractivity contribution in [2.45, 2.75) is 13.3 Å². The monoisotopic (exact) mass is 174 g/mol. The molecule has 0 bridgehead atoms. The number of hydrogen-bond acceptors (Lipinski definition) is 0. The molecule has 0 saturated carbocycles. The van der Waals surface area contributed by atoms with Crippen LogP contribution in [0.15, 0.2) is 35.7 Å². The summed E-state index contributed by atoms with van der Waals surface area (Å²) >= 11 is 0. The van der Waals surface area contributed by atoms with E-state index >= 15 is 0 Å². The summed E-state index contributed by atoms with van der Waals surface area (Å²) in [5.41, 5.74) is 0. The first-order valence-electron chi connectivity index (χ1n) is 3.70. The maximum Gasteiger partial charge on any atom is 0.161 e. The summed E-state index contributed by atoms with van der Waals surface area (Å²) in [6, 6.07) is 0. The molecule has 0 aromatic heterocycles. The van der Waals surface area contributed by atoms with E-state index in [4.69, 9.17) is 0 Å². The Hall–Kier alpha value is -0.990. The molecule has 66 valence electrons. The van der Waals surface area contributed by atoms with Crippen LogP contribution in [-0.4, -0.2) is 0 Å². The topological polar surface area (TPSA) is 0 Å². The van der Waals surface area contributed by atoms with Gasteiger partial charge in [-0.1, -0.05) is 6.92 Å². The molecule has 0 aromatic rings. The van der Waals surface area contributed by atoms with E-state index in [-0.39, 0.29) is 5.92 Å². The van der Waals surface area contributed by atoms with Gasteiger partial charge < -0.3 is 0 Å². The Labute approximate surface area is 69.1 Å². The molecule has 3 heteroatoms. The highest BCUT2D eigenvalue weighted by molar-refractivity contribution is 5.28. The lowest BCUT2D eigenvalue weighted by atomic mass is 10.0. The number of hydrogen-bond donors (Lipinski definition) is 0. The fraction of sp³-hybridized carbons (Fsp3) is 0.333. The van der Waals surface area contributed by atoms with Gasteiger partial charge in [0.25, 0.3) is 0 Å². The summed E-state index contributed by atoms with van der Waals surface area (Å²) in [4.78, 5) is 0. The van der Waals surface area contributed by atoms with E-state index in [1.807, 2.05) is 0 Å². The van der Waals surface area contributed by atoms with E-state index in [0.29, 0.717) is 12.5 Å². The van der Waals surface area contributed by atoms with Gasteiger partial charge in [0.2, 0.25) is 0 Å². The summed E-state index contributed by atoms with van der Waals surface area (Å²) < 4.78 is 37.8. The van der Waals surface area contributed by atoms with Gasteiger partial charge in [-0.3, -0.25) is 0 Å². The fourth-order valence-electron chi connectivity index (χ4n) is 0.945. The van der Waals surface area contributed by atoms with Gasteiger partial charge in [-0.25, -0.2) is 13.2 Å². The molecule has 1 aliphatic rings. The number of halogens is 3. The summed E-state index contributed by atoms with van der Waals surface area (Å²) in [6.07, 6.45) is 3.34. The molecule has 0 fully saturated rings. The summed E-state index contributed by atoms with van der Waals surface area (Å²) in [5.74, 6) is -3.01. The molecule has 0 heterocycles. The Bertz CT molecular complexity index is 261. The van der Waals surface area contributed by atoms with Gasteiger partial charge in [0.15, 0.2) is 11.7 Å². The molecule has 1 rings (SSSR count). The molecule has 0 aliphatic heterocycles. The molecule has 1 unspecified atom stereocenters. The highest BCUT2D eigenvalue weighted by atomic mass is 19.2. The largest absolute Gasteiger partial charge is 0.207 e. The van der Waals surface area contributed by atoms with Crippen LogP contribution in [0.2, 0.25) is 0 Å². The van der Waals surface area contributed by atoms with E-state index in [9.17, 15) is 13.2 Å². The highest BCUT2D eigenvalue weighted by Gasteiger charge is 2.09. The molecule has 0 N–H and O–H groups in total. The van der Waals surface area contributed by atoms with Crippen LogP contribution in [0.3, 0.4) is 0 Å². The van der Waals surface area contributed by atoms with Gasteiger partial charge in [-0.05, 0) is 24.5 Å². The van der Waals surface area contributed by atoms with Crippen LogP contribution >= 0.6 is 0 Å². The van der Waals surface area contributed by atoms with Gasteiger partial charge in [0.05, 0.1) is 0 Å². The van der Waals surface area contributed by atoms with Crippen molar-refractivity contribution in [1.29, 1.82) is 0 Å². The van der Waals surface area contributed by atoms with Gasteiger partial charge in [-0.2, -0.15) is 0 Å². The van der Waals surface area contributed by atoms with Gasteiger partial charge in [0.1, 0.15) is 5.83 Å². The highest BCUT2D eigenvalue weighted by Crippen LogP contribution is 2.23. The van der Waals surface area contributed by atoms with Crippen LogP contribution in [-0.2, 0) is 0 Å². The van der Waals surface area contributed by atoms with Crippen molar-refractivity contribution in [2.75, 3.05) is 0 Å². The number of rotatable bonds is 0. The van der Waals surface area contributed by atoms with E-state index in [2.05, 4.69) is 0 Å². The third kappa shape index (κ3) is 2.26. The fourth-order valence-corrected chi connectivity index (χ4v) is 0.945. The van der Waals surface area contributed by atoms with Crippen LogP contribution in [0.25, 0.3) is 0 Å². The third-order valence-corrected chi connectivity index (χ3v) is 1.61. The molecule has 0 saturated heterocycles. The Morgan fingerprint density at radius 3 is 2.58 bits per heavy atom. The van der Waals surface area contributed by atoms with Crippen LogP contribution in [0.4, 0.5) is 13.2 Å². The Morgan fingerprint density at radius 1 is 1.25 bits per heavy atom. The van der Waals surface area contributed by atoms with Crippen LogP contribution in [0.5, 0.6) is 0 Å². The summed E-state index contributed by atoms with van der Waals surface area (Å²) in [5, 5.41) is 0. The molecule has 0 spiro atoms. The Morgan fingerprint density at radius 2 is 1.92 bits per heavy atom. The minimum absolute atomic E-state index is 0.171. The molecule has 0 aromatic carbocycles. The molecular weight excluding hydrogens is 165 g/mol. The first-order chi connectivity index (χ1) is 5.59. The lowest BCUT2D eigenvalue weighted by Crippen LogP contribution is -1.92. The third-order valence-electron chi connectivity index (χ3n) is 1.61. The molecule has 0 nitrogen and oxygen atoms in total.